The van der Waals surface area contributed by atoms with Gasteiger partial charge in [0.2, 0.25) is 0 Å². The zero-order valence-electron chi connectivity index (χ0n) is 38.7. The highest BCUT2D eigenvalue weighted by atomic mass is 15.1. The van der Waals surface area contributed by atoms with Gasteiger partial charge in [0.25, 0.3) is 0 Å². The number of fused-ring (bicyclic) bond motifs is 4. The Labute approximate surface area is 323 Å². The summed E-state index contributed by atoms with van der Waals surface area (Å²) in [6, 6.07) is 37.5. The molecule has 0 bridgehead atoms. The van der Waals surface area contributed by atoms with Crippen molar-refractivity contribution in [3.8, 4) is 50.2 Å². The third-order valence-electron chi connectivity index (χ3n) is 10.0. The molecular weight excluding hydrogens is 641 g/mol. The summed E-state index contributed by atoms with van der Waals surface area (Å²) >= 11 is 0. The van der Waals surface area contributed by atoms with Crippen LogP contribution in [0.15, 0.2) is 188 Å². The lowest BCUT2D eigenvalue weighted by Crippen LogP contribution is -2.00. The van der Waals surface area contributed by atoms with Gasteiger partial charge in [-0.25, -0.2) is 4.98 Å². The fourth-order valence-corrected chi connectivity index (χ4v) is 7.73. The first-order valence-corrected chi connectivity index (χ1v) is 17.6. The lowest BCUT2D eigenvalue weighted by molar-refractivity contribution is 0.909. The second-order valence-corrected chi connectivity index (χ2v) is 13.1. The number of nitrogens with zero attached hydrogens (tertiary/aromatic N) is 2. The molecule has 0 atom stereocenters. The molecule has 53 heavy (non-hydrogen) atoms. The van der Waals surface area contributed by atoms with Crippen LogP contribution in [-0.4, -0.2) is 9.55 Å². The van der Waals surface area contributed by atoms with Gasteiger partial charge in [-0.1, -0.05) is 146 Å². The molecule has 10 aromatic rings. The number of benzene rings is 9. The van der Waals surface area contributed by atoms with E-state index in [1.54, 1.807) is 18.2 Å². The molecule has 2 nitrogen and oxygen atoms in total. The van der Waals surface area contributed by atoms with Crippen molar-refractivity contribution in [2.75, 3.05) is 0 Å². The molecule has 0 saturated carbocycles. The molecule has 0 radical (unpaired) electrons. The predicted octanol–water partition coefficient (Wildman–Crippen LogP) is 13.7. The number of imidazole rings is 1. The normalized spacial score (nSPS) is 14.2. The van der Waals surface area contributed by atoms with Gasteiger partial charge in [-0.3, -0.25) is 4.57 Å². The minimum absolute atomic E-state index is 0.0619. The van der Waals surface area contributed by atoms with Crippen LogP contribution in [0, 0.1) is 0 Å². The molecule has 0 aliphatic carbocycles. The number of rotatable bonds is 6. The van der Waals surface area contributed by atoms with Crippen molar-refractivity contribution in [3.05, 3.63) is 194 Å². The summed E-state index contributed by atoms with van der Waals surface area (Å²) in [5, 5.41) is 5.75. The first-order chi connectivity index (χ1) is 30.4. The Kier molecular flexibility index (Phi) is 5.36. The van der Waals surface area contributed by atoms with Gasteiger partial charge in [0, 0.05) is 12.1 Å². The zero-order chi connectivity index (χ0) is 44.0. The minimum Gasteiger partial charge on any atom is -0.296 e. The average molecular weight is 687 g/mol. The van der Waals surface area contributed by atoms with Crippen LogP contribution in [0.25, 0.3) is 93.5 Å². The molecule has 250 valence electrons. The fourth-order valence-electron chi connectivity index (χ4n) is 7.73. The van der Waals surface area contributed by atoms with Gasteiger partial charge in [0.1, 0.15) is 5.82 Å². The lowest BCUT2D eigenvalue weighted by Gasteiger charge is -2.19. The van der Waals surface area contributed by atoms with Crippen molar-refractivity contribution in [3.63, 3.8) is 0 Å². The van der Waals surface area contributed by atoms with E-state index in [0.717, 1.165) is 78.0 Å². The fraction of sp³-hybridized carbons (Fsp3) is 0.0392. The van der Waals surface area contributed by atoms with E-state index in [9.17, 15) is 0 Å². The van der Waals surface area contributed by atoms with E-state index < -0.39 is 60.4 Å². The molecule has 2 heteroatoms. The van der Waals surface area contributed by atoms with Gasteiger partial charge < -0.3 is 0 Å². The maximum atomic E-state index is 8.91. The van der Waals surface area contributed by atoms with Gasteiger partial charge in [0.15, 0.2) is 0 Å². The van der Waals surface area contributed by atoms with E-state index in [4.69, 9.17) is 18.7 Å². The topological polar surface area (TPSA) is 17.8 Å². The molecule has 1 aromatic heterocycles. The van der Waals surface area contributed by atoms with E-state index in [-0.39, 0.29) is 22.3 Å². The molecular formula is C51H36N2. The van der Waals surface area contributed by atoms with Crippen LogP contribution < -0.4 is 0 Å². The largest absolute Gasteiger partial charge is 0.296 e. The van der Waals surface area contributed by atoms with Crippen LogP contribution in [0.5, 0.6) is 0 Å². The molecule has 0 fully saturated rings. The van der Waals surface area contributed by atoms with Crippen molar-refractivity contribution in [1.29, 1.82) is 0 Å². The van der Waals surface area contributed by atoms with Crippen molar-refractivity contribution in [2.24, 2.45) is 0 Å². The van der Waals surface area contributed by atoms with E-state index in [2.05, 4.69) is 66.1 Å². The Bertz CT molecular complexity index is 3370. The maximum absolute atomic E-state index is 8.91. The highest BCUT2D eigenvalue weighted by Crippen LogP contribution is 2.45. The van der Waals surface area contributed by atoms with Gasteiger partial charge >= 0.3 is 0 Å². The van der Waals surface area contributed by atoms with Crippen LogP contribution in [0.2, 0.25) is 0 Å². The predicted molar refractivity (Wildman–Crippen MR) is 225 cm³/mol. The molecule has 0 amide bonds. The van der Waals surface area contributed by atoms with Crippen molar-refractivity contribution < 1.29 is 13.7 Å². The number of para-hydroxylation sites is 2. The molecule has 10 rings (SSSR count). The summed E-state index contributed by atoms with van der Waals surface area (Å²) in [6.45, 7) is 2.11. The summed E-state index contributed by atoms with van der Waals surface area (Å²) in [4.78, 5) is 4.89. The van der Waals surface area contributed by atoms with Crippen LogP contribution in [0.1, 0.15) is 26.5 Å². The standard InChI is InChI=1S/C51H36N2/c1-2-49-52-47-23-13-14-24-48(47)53(49)42-28-27-36-29-38(26-25-37(36)33-42)50-43-19-9-11-21-45(43)51(46-22-12-10-20-44(46)50)41-31-39(34-15-5-3-6-16-34)30-40(32-41)35-17-7-4-8-18-35/h3-33H,2H2,1H3/i3D,4D,5D,6D,7D,8D,15D,16D,17D,18D. The number of aromatic nitrogens is 2. The van der Waals surface area contributed by atoms with Gasteiger partial charge in [-0.2, -0.15) is 0 Å². The number of hydrogen-bond donors (Lipinski definition) is 0. The Morgan fingerprint density at radius 3 is 1.58 bits per heavy atom. The van der Waals surface area contributed by atoms with Gasteiger partial charge in [-0.05, 0) is 125 Å². The van der Waals surface area contributed by atoms with Crippen LogP contribution in [0.3, 0.4) is 0 Å². The second kappa shape index (κ2) is 12.8. The molecule has 9 aromatic carbocycles. The Balaban J connectivity index is 1.23. The first-order valence-electron chi connectivity index (χ1n) is 22.6. The Morgan fingerprint density at radius 1 is 0.472 bits per heavy atom. The maximum Gasteiger partial charge on any atom is 0.114 e. The summed E-state index contributed by atoms with van der Waals surface area (Å²) in [6.07, 6.45) is 0.787. The monoisotopic (exact) mass is 686 g/mol. The second-order valence-electron chi connectivity index (χ2n) is 13.1. The van der Waals surface area contributed by atoms with Gasteiger partial charge in [-0.15, -0.1) is 0 Å². The quantitative estimate of drug-likeness (QED) is 0.159. The van der Waals surface area contributed by atoms with Gasteiger partial charge in [0.05, 0.1) is 24.7 Å². The summed E-state index contributed by atoms with van der Waals surface area (Å²) < 4.78 is 88.3. The van der Waals surface area contributed by atoms with E-state index in [1.807, 2.05) is 54.6 Å². The van der Waals surface area contributed by atoms with Crippen molar-refractivity contribution in [1.82, 2.24) is 9.55 Å². The summed E-state index contributed by atoms with van der Waals surface area (Å²) in [5.74, 6) is 0.990. The zero-order valence-corrected chi connectivity index (χ0v) is 28.7. The Morgan fingerprint density at radius 2 is 0.981 bits per heavy atom. The summed E-state index contributed by atoms with van der Waals surface area (Å²) in [7, 11) is 0. The molecule has 0 aliphatic heterocycles. The van der Waals surface area contributed by atoms with E-state index in [0.29, 0.717) is 5.56 Å². The van der Waals surface area contributed by atoms with E-state index >= 15 is 0 Å². The molecule has 0 N–H and O–H groups in total. The number of hydrogen-bond acceptors (Lipinski definition) is 1. The van der Waals surface area contributed by atoms with E-state index in [1.165, 1.54) is 0 Å². The SMILES string of the molecule is [2H]c1c([2H])c([2H])c(-c2cc(-c3c([2H])c([2H])c([2H])c([2H])c3[2H])cc(-c3c4ccccc4c(-c4ccc5cc(-n6c(CC)nc7ccccc76)ccc5c4)c4ccccc34)c2)c([2H])c1[2H]. The third kappa shape index (κ3) is 5.30. The lowest BCUT2D eigenvalue weighted by atomic mass is 9.84. The average Bonchev–Trinajstić information content (AvgIpc) is 3.69. The van der Waals surface area contributed by atoms with Crippen LogP contribution >= 0.6 is 0 Å². The smallest absolute Gasteiger partial charge is 0.114 e. The first kappa shape index (κ1) is 22.2. The molecule has 0 aliphatic rings. The third-order valence-corrected chi connectivity index (χ3v) is 10.0. The highest BCUT2D eigenvalue weighted by Gasteiger charge is 2.19. The number of aryl methyl sites for hydroxylation is 1. The van der Waals surface area contributed by atoms with Crippen molar-refractivity contribution >= 4 is 43.4 Å². The highest BCUT2D eigenvalue weighted by molar-refractivity contribution is 6.22. The van der Waals surface area contributed by atoms with Crippen LogP contribution in [0.4, 0.5) is 0 Å². The van der Waals surface area contributed by atoms with Crippen molar-refractivity contribution in [2.45, 2.75) is 13.3 Å². The molecule has 0 saturated heterocycles. The Hall–Kier alpha value is -6.77. The minimum atomic E-state index is -0.532. The molecule has 0 spiro atoms. The van der Waals surface area contributed by atoms with Crippen LogP contribution in [-0.2, 0) is 6.42 Å². The summed E-state index contributed by atoms with van der Waals surface area (Å²) in [5.41, 5.74) is 6.78. The molecule has 1 heterocycles. The molecule has 0 unspecified atom stereocenters.